The van der Waals surface area contributed by atoms with Gasteiger partial charge < -0.3 is 10.1 Å². The fourth-order valence-corrected chi connectivity index (χ4v) is 3.04. The zero-order valence-electron chi connectivity index (χ0n) is 10.6. The van der Waals surface area contributed by atoms with Gasteiger partial charge in [-0.25, -0.2) is 0 Å². The molecular weight excluding hydrogens is 230 g/mol. The van der Waals surface area contributed by atoms with E-state index in [-0.39, 0.29) is 6.10 Å². The molecular formula is C14H21NOS. The molecule has 1 fully saturated rings. The Morgan fingerprint density at radius 1 is 1.29 bits per heavy atom. The molecule has 1 saturated heterocycles. The number of rotatable bonds is 3. The van der Waals surface area contributed by atoms with Gasteiger partial charge in [-0.1, -0.05) is 12.1 Å². The van der Waals surface area contributed by atoms with E-state index in [1.165, 1.54) is 23.5 Å². The number of hydrogen-bond donors (Lipinski definition) is 1. The highest BCUT2D eigenvalue weighted by Gasteiger charge is 2.13. The van der Waals surface area contributed by atoms with Gasteiger partial charge in [0, 0.05) is 11.8 Å². The molecule has 17 heavy (non-hydrogen) atoms. The summed E-state index contributed by atoms with van der Waals surface area (Å²) in [7, 11) is 0. The summed E-state index contributed by atoms with van der Waals surface area (Å²) in [5.41, 5.74) is 1.37. The van der Waals surface area contributed by atoms with E-state index in [0.29, 0.717) is 6.04 Å². The molecule has 2 nitrogen and oxygen atoms in total. The maximum Gasteiger partial charge on any atom is 0.119 e. The lowest BCUT2D eigenvalue weighted by Crippen LogP contribution is -2.22. The number of ether oxygens (including phenoxy) is 1. The predicted molar refractivity (Wildman–Crippen MR) is 74.9 cm³/mol. The summed E-state index contributed by atoms with van der Waals surface area (Å²) < 4.78 is 5.66. The Morgan fingerprint density at radius 3 is 2.76 bits per heavy atom. The third-order valence-electron chi connectivity index (χ3n) is 2.79. The fourth-order valence-electron chi connectivity index (χ4n) is 1.98. The average Bonchev–Trinajstić information content (AvgIpc) is 2.58. The second-order valence-corrected chi connectivity index (χ2v) is 5.82. The smallest absolute Gasteiger partial charge is 0.119 e. The Bertz CT molecular complexity index is 329. The maximum atomic E-state index is 5.66. The number of benzene rings is 1. The van der Waals surface area contributed by atoms with E-state index in [1.807, 2.05) is 11.8 Å². The molecule has 0 amide bonds. The third kappa shape index (κ3) is 3.93. The Hall–Kier alpha value is -0.670. The summed E-state index contributed by atoms with van der Waals surface area (Å²) in [5, 5.41) is 3.60. The van der Waals surface area contributed by atoms with Crippen molar-refractivity contribution in [1.29, 1.82) is 0 Å². The summed E-state index contributed by atoms with van der Waals surface area (Å²) >= 11 is 2.04. The quantitative estimate of drug-likeness (QED) is 0.891. The molecule has 2 rings (SSSR count). The summed E-state index contributed by atoms with van der Waals surface area (Å²) in [6.45, 7) is 5.23. The summed E-state index contributed by atoms with van der Waals surface area (Å²) in [6.07, 6.45) is 1.52. The van der Waals surface area contributed by atoms with Crippen LogP contribution in [-0.2, 0) is 0 Å². The molecule has 1 aliphatic rings. The van der Waals surface area contributed by atoms with Gasteiger partial charge in [0.25, 0.3) is 0 Å². The first kappa shape index (κ1) is 12.8. The highest BCUT2D eigenvalue weighted by Crippen LogP contribution is 2.23. The fraction of sp³-hybridized carbons (Fsp3) is 0.571. The van der Waals surface area contributed by atoms with Crippen LogP contribution in [0.2, 0.25) is 0 Å². The van der Waals surface area contributed by atoms with Gasteiger partial charge >= 0.3 is 0 Å². The van der Waals surface area contributed by atoms with E-state index in [1.54, 1.807) is 0 Å². The molecule has 1 heterocycles. The van der Waals surface area contributed by atoms with Gasteiger partial charge in [0.1, 0.15) is 5.75 Å². The van der Waals surface area contributed by atoms with E-state index >= 15 is 0 Å². The lowest BCUT2D eigenvalue weighted by molar-refractivity contribution is 0.242. The van der Waals surface area contributed by atoms with E-state index in [0.717, 1.165) is 12.3 Å². The largest absolute Gasteiger partial charge is 0.491 e. The first-order valence-electron chi connectivity index (χ1n) is 6.33. The van der Waals surface area contributed by atoms with Crippen molar-refractivity contribution in [3.63, 3.8) is 0 Å². The van der Waals surface area contributed by atoms with Crippen LogP contribution in [0.3, 0.4) is 0 Å². The number of hydrogen-bond acceptors (Lipinski definition) is 3. The van der Waals surface area contributed by atoms with Gasteiger partial charge in [-0.15, -0.1) is 0 Å². The van der Waals surface area contributed by atoms with Gasteiger partial charge in [-0.3, -0.25) is 0 Å². The first-order valence-corrected chi connectivity index (χ1v) is 7.49. The van der Waals surface area contributed by atoms with Gasteiger partial charge in [0.15, 0.2) is 0 Å². The number of thioether (sulfide) groups is 1. The monoisotopic (exact) mass is 251 g/mol. The highest BCUT2D eigenvalue weighted by molar-refractivity contribution is 7.99. The maximum absolute atomic E-state index is 5.66. The molecule has 0 radical (unpaired) electrons. The van der Waals surface area contributed by atoms with Crippen molar-refractivity contribution in [3.05, 3.63) is 29.8 Å². The van der Waals surface area contributed by atoms with Crippen LogP contribution in [0.4, 0.5) is 0 Å². The summed E-state index contributed by atoms with van der Waals surface area (Å²) in [5.74, 6) is 3.41. The SMILES string of the molecule is CC(C)Oc1ccc(C2CSCCCN2)cc1. The van der Waals surface area contributed by atoms with Gasteiger partial charge in [-0.2, -0.15) is 11.8 Å². The van der Waals surface area contributed by atoms with Crippen LogP contribution < -0.4 is 10.1 Å². The lowest BCUT2D eigenvalue weighted by atomic mass is 10.1. The normalized spacial score (nSPS) is 21.2. The second-order valence-electron chi connectivity index (χ2n) is 4.67. The minimum atomic E-state index is 0.243. The van der Waals surface area contributed by atoms with Crippen molar-refractivity contribution < 1.29 is 4.74 Å². The zero-order chi connectivity index (χ0) is 12.1. The van der Waals surface area contributed by atoms with Gasteiger partial charge in [0.05, 0.1) is 6.10 Å². The molecule has 1 atom stereocenters. The van der Waals surface area contributed by atoms with Crippen LogP contribution in [0, 0.1) is 0 Å². The van der Waals surface area contributed by atoms with Crippen molar-refractivity contribution in [3.8, 4) is 5.75 Å². The molecule has 3 heteroatoms. The van der Waals surface area contributed by atoms with Crippen LogP contribution in [-0.4, -0.2) is 24.2 Å². The van der Waals surface area contributed by atoms with Crippen LogP contribution in [0.25, 0.3) is 0 Å². The first-order chi connectivity index (χ1) is 8.25. The highest BCUT2D eigenvalue weighted by atomic mass is 32.2. The van der Waals surface area contributed by atoms with Crippen molar-refractivity contribution in [1.82, 2.24) is 5.32 Å². The average molecular weight is 251 g/mol. The molecule has 1 N–H and O–H groups in total. The molecule has 0 aliphatic carbocycles. The van der Waals surface area contributed by atoms with Crippen molar-refractivity contribution in [2.24, 2.45) is 0 Å². The van der Waals surface area contributed by atoms with E-state index in [4.69, 9.17) is 4.74 Å². The third-order valence-corrected chi connectivity index (χ3v) is 3.94. The molecule has 0 bridgehead atoms. The van der Waals surface area contributed by atoms with Crippen LogP contribution in [0.1, 0.15) is 31.9 Å². The van der Waals surface area contributed by atoms with Crippen molar-refractivity contribution in [2.45, 2.75) is 32.4 Å². The molecule has 1 aromatic carbocycles. The topological polar surface area (TPSA) is 21.3 Å². The molecule has 0 spiro atoms. The summed E-state index contributed by atoms with van der Waals surface area (Å²) in [6, 6.07) is 9.01. The van der Waals surface area contributed by atoms with Crippen molar-refractivity contribution in [2.75, 3.05) is 18.1 Å². The predicted octanol–water partition coefficient (Wildman–Crippen LogP) is 3.24. The standard InChI is InChI=1S/C14H21NOS/c1-11(2)16-13-6-4-12(5-7-13)14-10-17-9-3-8-15-14/h4-7,11,14-15H,3,8-10H2,1-2H3. The zero-order valence-corrected chi connectivity index (χ0v) is 11.4. The molecule has 1 aromatic rings. The van der Waals surface area contributed by atoms with Gasteiger partial charge in [-0.05, 0) is 50.3 Å². The summed E-state index contributed by atoms with van der Waals surface area (Å²) in [4.78, 5) is 0. The Balaban J connectivity index is 2.00. The van der Waals surface area contributed by atoms with E-state index in [2.05, 4.69) is 43.4 Å². The Morgan fingerprint density at radius 2 is 2.06 bits per heavy atom. The Labute approximate surface area is 108 Å². The molecule has 1 aliphatic heterocycles. The van der Waals surface area contributed by atoms with Crippen LogP contribution in [0.15, 0.2) is 24.3 Å². The van der Waals surface area contributed by atoms with E-state index < -0.39 is 0 Å². The molecule has 0 aromatic heterocycles. The minimum absolute atomic E-state index is 0.243. The lowest BCUT2D eigenvalue weighted by Gasteiger charge is -2.16. The molecule has 0 saturated carbocycles. The minimum Gasteiger partial charge on any atom is -0.491 e. The molecule has 1 unspecified atom stereocenters. The molecule has 94 valence electrons. The second kappa shape index (κ2) is 6.31. The van der Waals surface area contributed by atoms with Crippen LogP contribution >= 0.6 is 11.8 Å². The van der Waals surface area contributed by atoms with Crippen molar-refractivity contribution >= 4 is 11.8 Å². The van der Waals surface area contributed by atoms with E-state index in [9.17, 15) is 0 Å². The van der Waals surface area contributed by atoms with Crippen LogP contribution in [0.5, 0.6) is 5.75 Å². The Kier molecular flexibility index (Phi) is 4.75. The van der Waals surface area contributed by atoms with Gasteiger partial charge in [0.2, 0.25) is 0 Å². The number of nitrogens with one attached hydrogen (secondary N) is 1.